The van der Waals surface area contributed by atoms with Crippen molar-refractivity contribution in [2.24, 2.45) is 0 Å². The number of likely N-dealkylation sites (tertiary alicyclic amines) is 1. The molecule has 29 heavy (non-hydrogen) atoms. The van der Waals surface area contributed by atoms with E-state index in [0.29, 0.717) is 34.6 Å². The highest BCUT2D eigenvalue weighted by Gasteiger charge is 2.18. The third kappa shape index (κ3) is 7.23. The van der Waals surface area contributed by atoms with Gasteiger partial charge >= 0.3 is 0 Å². The number of rotatable bonds is 9. The molecule has 0 spiro atoms. The number of nitrogens with one attached hydrogen (secondary N) is 1. The first-order chi connectivity index (χ1) is 13.5. The lowest BCUT2D eigenvalue weighted by molar-refractivity contribution is -0.127. The van der Waals surface area contributed by atoms with E-state index >= 15 is 0 Å². The van der Waals surface area contributed by atoms with Crippen molar-refractivity contribution in [3.8, 4) is 5.75 Å². The Balaban J connectivity index is 0.00000300. The lowest BCUT2D eigenvalue weighted by Crippen LogP contribution is -2.28. The molecule has 1 aliphatic heterocycles. The number of halogens is 4. The summed E-state index contributed by atoms with van der Waals surface area (Å²) < 4.78 is 5.97. The Labute approximate surface area is 192 Å². The molecule has 8 heteroatoms. The molecule has 1 N–H and O–H groups in total. The van der Waals surface area contributed by atoms with Crippen LogP contribution in [0.4, 0.5) is 0 Å². The van der Waals surface area contributed by atoms with Crippen LogP contribution in [0, 0.1) is 0 Å². The van der Waals surface area contributed by atoms with Gasteiger partial charge in [0.15, 0.2) is 0 Å². The van der Waals surface area contributed by atoms with Gasteiger partial charge in [-0.15, -0.1) is 12.4 Å². The summed E-state index contributed by atoms with van der Waals surface area (Å²) >= 11 is 18.3. The van der Waals surface area contributed by atoms with E-state index in [-0.39, 0.29) is 18.3 Å². The zero-order valence-corrected chi connectivity index (χ0v) is 19.0. The Bertz CT molecular complexity index is 832. The predicted molar refractivity (Wildman–Crippen MR) is 122 cm³/mol. The van der Waals surface area contributed by atoms with Crippen molar-refractivity contribution >= 4 is 53.1 Å². The number of hydrogen-bond acceptors (Lipinski definition) is 3. The van der Waals surface area contributed by atoms with E-state index in [0.717, 1.165) is 49.4 Å². The molecule has 0 aliphatic carbocycles. The Morgan fingerprint density at radius 1 is 1.03 bits per heavy atom. The third-order valence-corrected chi connectivity index (χ3v) is 5.51. The van der Waals surface area contributed by atoms with Gasteiger partial charge in [-0.2, -0.15) is 0 Å². The first-order valence-corrected chi connectivity index (χ1v) is 10.5. The number of carbonyl (C=O) groups excluding carboxylic acids is 1. The summed E-state index contributed by atoms with van der Waals surface area (Å²) in [6, 6.07) is 10.9. The van der Waals surface area contributed by atoms with Crippen molar-refractivity contribution in [1.82, 2.24) is 10.2 Å². The standard InChI is InChI=1S/C21H23Cl3N2O2.ClH/c22-17-6-7-20(28-14-15-4-5-18(23)12-19(15)24)16(11-17)13-25-8-2-10-26-9-1-3-21(26)27;/h4-7,11-12,25H,1-3,8-10,13-14H2;1H. The second kappa shape index (κ2) is 11.9. The highest BCUT2D eigenvalue weighted by atomic mass is 35.5. The summed E-state index contributed by atoms with van der Waals surface area (Å²) in [5, 5.41) is 5.25. The van der Waals surface area contributed by atoms with Crippen LogP contribution in [0.1, 0.15) is 30.4 Å². The fourth-order valence-electron chi connectivity index (χ4n) is 3.18. The van der Waals surface area contributed by atoms with Crippen LogP contribution < -0.4 is 10.1 Å². The average Bonchev–Trinajstić information content (AvgIpc) is 3.07. The van der Waals surface area contributed by atoms with Crippen LogP contribution in [0.15, 0.2) is 36.4 Å². The van der Waals surface area contributed by atoms with Crippen molar-refractivity contribution in [3.63, 3.8) is 0 Å². The Hall–Kier alpha value is -1.17. The predicted octanol–water partition coefficient (Wildman–Crippen LogP) is 5.75. The highest BCUT2D eigenvalue weighted by molar-refractivity contribution is 6.35. The van der Waals surface area contributed by atoms with E-state index in [1.54, 1.807) is 12.1 Å². The molecule has 0 atom stereocenters. The fraction of sp³-hybridized carbons (Fsp3) is 0.381. The van der Waals surface area contributed by atoms with Crippen LogP contribution in [-0.4, -0.2) is 30.4 Å². The molecule has 0 radical (unpaired) electrons. The van der Waals surface area contributed by atoms with Gasteiger partial charge in [-0.25, -0.2) is 0 Å². The van der Waals surface area contributed by atoms with Crippen LogP contribution in [0.3, 0.4) is 0 Å². The van der Waals surface area contributed by atoms with Gasteiger partial charge in [0.2, 0.25) is 5.91 Å². The molecule has 2 aromatic carbocycles. The molecule has 3 rings (SSSR count). The van der Waals surface area contributed by atoms with Gasteiger partial charge in [-0.05, 0) is 49.7 Å². The quantitative estimate of drug-likeness (QED) is 0.467. The smallest absolute Gasteiger partial charge is 0.222 e. The van der Waals surface area contributed by atoms with Gasteiger partial charge in [0, 0.05) is 52.2 Å². The lowest BCUT2D eigenvalue weighted by atomic mass is 10.2. The number of ether oxygens (including phenoxy) is 1. The minimum absolute atomic E-state index is 0. The summed E-state index contributed by atoms with van der Waals surface area (Å²) in [6.07, 6.45) is 2.59. The molecule has 0 bridgehead atoms. The van der Waals surface area contributed by atoms with Crippen molar-refractivity contribution in [1.29, 1.82) is 0 Å². The summed E-state index contributed by atoms with van der Waals surface area (Å²) in [5.41, 5.74) is 1.85. The minimum atomic E-state index is 0. The first kappa shape index (κ1) is 24.1. The van der Waals surface area contributed by atoms with Gasteiger partial charge in [0.1, 0.15) is 12.4 Å². The summed E-state index contributed by atoms with van der Waals surface area (Å²) in [5.74, 6) is 1.03. The second-order valence-corrected chi connectivity index (χ2v) is 8.07. The van der Waals surface area contributed by atoms with Crippen LogP contribution in [-0.2, 0) is 17.9 Å². The maximum Gasteiger partial charge on any atom is 0.222 e. The normalized spacial score (nSPS) is 13.5. The van der Waals surface area contributed by atoms with Crippen molar-refractivity contribution < 1.29 is 9.53 Å². The number of nitrogens with zero attached hydrogens (tertiary/aromatic N) is 1. The van der Waals surface area contributed by atoms with Gasteiger partial charge in [-0.1, -0.05) is 40.9 Å². The van der Waals surface area contributed by atoms with Crippen molar-refractivity contribution in [2.45, 2.75) is 32.4 Å². The molecular weight excluding hydrogens is 454 g/mol. The van der Waals surface area contributed by atoms with E-state index in [2.05, 4.69) is 5.32 Å². The Morgan fingerprint density at radius 3 is 2.52 bits per heavy atom. The Morgan fingerprint density at radius 2 is 1.79 bits per heavy atom. The molecular formula is C21H24Cl4N2O2. The van der Waals surface area contributed by atoms with Crippen LogP contribution in [0.25, 0.3) is 0 Å². The number of amides is 1. The maximum absolute atomic E-state index is 11.6. The van der Waals surface area contributed by atoms with E-state index in [9.17, 15) is 4.79 Å². The topological polar surface area (TPSA) is 41.6 Å². The second-order valence-electron chi connectivity index (χ2n) is 6.79. The van der Waals surface area contributed by atoms with Gasteiger partial charge in [-0.3, -0.25) is 4.79 Å². The molecule has 0 aromatic heterocycles. The van der Waals surface area contributed by atoms with Crippen LogP contribution in [0.5, 0.6) is 5.75 Å². The van der Waals surface area contributed by atoms with Gasteiger partial charge in [0.05, 0.1) is 0 Å². The Kier molecular flexibility index (Phi) is 9.87. The lowest BCUT2D eigenvalue weighted by Gasteiger charge is -2.16. The highest BCUT2D eigenvalue weighted by Crippen LogP contribution is 2.26. The van der Waals surface area contributed by atoms with Crippen LogP contribution >= 0.6 is 47.2 Å². The largest absolute Gasteiger partial charge is 0.489 e. The third-order valence-electron chi connectivity index (χ3n) is 4.69. The molecule has 1 heterocycles. The summed E-state index contributed by atoms with van der Waals surface area (Å²) in [7, 11) is 0. The summed E-state index contributed by atoms with van der Waals surface area (Å²) in [4.78, 5) is 13.6. The van der Waals surface area contributed by atoms with Crippen molar-refractivity contribution in [3.05, 3.63) is 62.6 Å². The number of carbonyl (C=O) groups is 1. The number of hydrogen-bond donors (Lipinski definition) is 1. The zero-order valence-electron chi connectivity index (χ0n) is 15.9. The molecule has 0 saturated carbocycles. The molecule has 1 fully saturated rings. The van der Waals surface area contributed by atoms with Gasteiger partial charge in [0.25, 0.3) is 0 Å². The SMILES string of the molecule is Cl.O=C1CCCN1CCCNCc1cc(Cl)ccc1OCc1ccc(Cl)cc1Cl. The molecule has 0 unspecified atom stereocenters. The van der Waals surface area contributed by atoms with E-state index in [1.807, 2.05) is 29.2 Å². The first-order valence-electron chi connectivity index (χ1n) is 9.36. The average molecular weight is 478 g/mol. The molecule has 1 amide bonds. The maximum atomic E-state index is 11.6. The monoisotopic (exact) mass is 476 g/mol. The minimum Gasteiger partial charge on any atom is -0.489 e. The van der Waals surface area contributed by atoms with Gasteiger partial charge < -0.3 is 15.0 Å². The fourth-order valence-corrected chi connectivity index (χ4v) is 3.84. The van der Waals surface area contributed by atoms with E-state index < -0.39 is 0 Å². The molecule has 1 aliphatic rings. The zero-order chi connectivity index (χ0) is 19.9. The van der Waals surface area contributed by atoms with Crippen LogP contribution in [0.2, 0.25) is 15.1 Å². The number of benzene rings is 2. The molecule has 2 aromatic rings. The molecule has 1 saturated heterocycles. The van der Waals surface area contributed by atoms with E-state index in [1.165, 1.54) is 0 Å². The molecule has 158 valence electrons. The van der Waals surface area contributed by atoms with E-state index in [4.69, 9.17) is 39.5 Å². The summed E-state index contributed by atoms with van der Waals surface area (Å²) in [6.45, 7) is 3.50. The van der Waals surface area contributed by atoms with Crippen molar-refractivity contribution in [2.75, 3.05) is 19.6 Å². The molecule has 4 nitrogen and oxygen atoms in total.